The number of benzene rings is 1. The Kier molecular flexibility index (Phi) is 5.92. The molecule has 0 saturated carbocycles. The maximum atomic E-state index is 12.4. The number of carbonyl (C=O) groups excluding carboxylic acids is 3. The molecular weight excluding hydrogens is 350 g/mol. The molecule has 0 unspecified atom stereocenters. The van der Waals surface area contributed by atoms with E-state index >= 15 is 0 Å². The molecule has 1 fully saturated rings. The molecule has 1 aliphatic heterocycles. The lowest BCUT2D eigenvalue weighted by Crippen LogP contribution is -2.34. The normalized spacial score (nSPS) is 15.5. The van der Waals surface area contributed by atoms with Gasteiger partial charge in [-0.3, -0.25) is 19.3 Å². The summed E-state index contributed by atoms with van der Waals surface area (Å²) in [6, 6.07) is 3.25. The van der Waals surface area contributed by atoms with Crippen molar-refractivity contribution >= 4 is 35.0 Å². The van der Waals surface area contributed by atoms with Crippen LogP contribution in [0.25, 0.3) is 6.08 Å². The fourth-order valence-corrected chi connectivity index (χ4v) is 2.97. The van der Waals surface area contributed by atoms with Crippen LogP contribution >= 0.6 is 11.8 Å². The van der Waals surface area contributed by atoms with Crippen LogP contribution in [0.15, 0.2) is 17.0 Å². The molecule has 2 amide bonds. The molecule has 1 aromatic rings. The minimum atomic E-state index is -0.674. The Morgan fingerprint density at radius 3 is 2.20 bits per heavy atom. The second kappa shape index (κ2) is 7.93. The number of carbonyl (C=O) groups is 3. The lowest BCUT2D eigenvalue weighted by atomic mass is 10.1. The van der Waals surface area contributed by atoms with Gasteiger partial charge in [0.1, 0.15) is 12.3 Å². The van der Waals surface area contributed by atoms with Gasteiger partial charge in [0.05, 0.1) is 33.3 Å². The highest BCUT2D eigenvalue weighted by Crippen LogP contribution is 2.38. The molecule has 0 bridgehead atoms. The van der Waals surface area contributed by atoms with Crippen LogP contribution < -0.4 is 14.2 Å². The first-order valence-corrected chi connectivity index (χ1v) is 7.89. The van der Waals surface area contributed by atoms with Gasteiger partial charge in [-0.1, -0.05) is 0 Å². The molecule has 1 aromatic carbocycles. The van der Waals surface area contributed by atoms with Gasteiger partial charge < -0.3 is 18.9 Å². The first kappa shape index (κ1) is 18.7. The molecule has 0 aromatic heterocycles. The Hall–Kier alpha value is -2.68. The van der Waals surface area contributed by atoms with Crippen molar-refractivity contribution in [2.24, 2.45) is 0 Å². The van der Waals surface area contributed by atoms with Crippen molar-refractivity contribution in [1.82, 2.24) is 4.90 Å². The zero-order valence-electron chi connectivity index (χ0n) is 14.2. The zero-order valence-corrected chi connectivity index (χ0v) is 15.0. The quantitative estimate of drug-likeness (QED) is 0.556. The standard InChI is InChI=1S/C16H17NO7S/c1-21-10-7-12(23-3)11(22-2)5-9(10)6-13-15(19)17(16(20)25-13)8-14(18)24-4/h5-7H,8H2,1-4H3/b13-6+. The van der Waals surface area contributed by atoms with Gasteiger partial charge in [0.25, 0.3) is 11.1 Å². The predicted molar refractivity (Wildman–Crippen MR) is 90.8 cm³/mol. The maximum absolute atomic E-state index is 12.4. The summed E-state index contributed by atoms with van der Waals surface area (Å²) in [5.41, 5.74) is 0.531. The summed E-state index contributed by atoms with van der Waals surface area (Å²) in [7, 11) is 5.64. The fourth-order valence-electron chi connectivity index (χ4n) is 2.14. The van der Waals surface area contributed by atoms with Crippen molar-refractivity contribution < 1.29 is 33.3 Å². The predicted octanol–water partition coefficient (Wildman–Crippen LogP) is 1.92. The Morgan fingerprint density at radius 2 is 1.64 bits per heavy atom. The van der Waals surface area contributed by atoms with Crippen molar-refractivity contribution in [3.8, 4) is 17.2 Å². The molecule has 25 heavy (non-hydrogen) atoms. The molecule has 0 atom stereocenters. The molecular formula is C16H17NO7S. The van der Waals surface area contributed by atoms with Crippen LogP contribution in [0.4, 0.5) is 4.79 Å². The van der Waals surface area contributed by atoms with Crippen molar-refractivity contribution in [3.63, 3.8) is 0 Å². The van der Waals surface area contributed by atoms with Gasteiger partial charge in [-0.25, -0.2) is 0 Å². The molecule has 1 heterocycles. The van der Waals surface area contributed by atoms with Gasteiger partial charge in [0, 0.05) is 11.6 Å². The number of ether oxygens (including phenoxy) is 4. The van der Waals surface area contributed by atoms with E-state index in [1.54, 1.807) is 12.1 Å². The third kappa shape index (κ3) is 3.87. The van der Waals surface area contributed by atoms with E-state index in [0.717, 1.165) is 16.7 Å². The minimum absolute atomic E-state index is 0.166. The van der Waals surface area contributed by atoms with Crippen LogP contribution in [0.2, 0.25) is 0 Å². The van der Waals surface area contributed by atoms with Gasteiger partial charge in [-0.15, -0.1) is 0 Å². The monoisotopic (exact) mass is 367 g/mol. The van der Waals surface area contributed by atoms with Gasteiger partial charge in [0.15, 0.2) is 11.5 Å². The van der Waals surface area contributed by atoms with Crippen molar-refractivity contribution in [1.29, 1.82) is 0 Å². The molecule has 9 heteroatoms. The molecule has 0 N–H and O–H groups in total. The van der Waals surface area contributed by atoms with Crippen LogP contribution in [0.1, 0.15) is 5.56 Å². The summed E-state index contributed by atoms with van der Waals surface area (Å²) < 4.78 is 20.2. The summed E-state index contributed by atoms with van der Waals surface area (Å²) in [5, 5.41) is -0.541. The van der Waals surface area contributed by atoms with E-state index in [0.29, 0.717) is 22.8 Å². The Labute approximate surface area is 148 Å². The average Bonchev–Trinajstić information content (AvgIpc) is 2.88. The Balaban J connectivity index is 2.38. The van der Waals surface area contributed by atoms with Gasteiger partial charge in [0.2, 0.25) is 0 Å². The molecule has 0 spiro atoms. The van der Waals surface area contributed by atoms with Crippen LogP contribution in [-0.2, 0) is 14.3 Å². The third-order valence-electron chi connectivity index (χ3n) is 3.41. The number of rotatable bonds is 6. The summed E-state index contributed by atoms with van der Waals surface area (Å²) in [4.78, 5) is 36.6. The smallest absolute Gasteiger partial charge is 0.325 e. The third-order valence-corrected chi connectivity index (χ3v) is 4.32. The van der Waals surface area contributed by atoms with Crippen LogP contribution in [0, 0.1) is 0 Å². The van der Waals surface area contributed by atoms with Crippen LogP contribution in [0.5, 0.6) is 17.2 Å². The number of hydrogen-bond donors (Lipinski definition) is 0. The van der Waals surface area contributed by atoms with E-state index in [2.05, 4.69) is 4.74 Å². The highest BCUT2D eigenvalue weighted by atomic mass is 32.2. The van der Waals surface area contributed by atoms with E-state index in [4.69, 9.17) is 14.2 Å². The highest BCUT2D eigenvalue weighted by Gasteiger charge is 2.36. The first-order valence-electron chi connectivity index (χ1n) is 7.07. The van der Waals surface area contributed by atoms with Crippen molar-refractivity contribution in [2.45, 2.75) is 0 Å². The van der Waals surface area contributed by atoms with E-state index in [1.807, 2.05) is 0 Å². The largest absolute Gasteiger partial charge is 0.496 e. The van der Waals surface area contributed by atoms with E-state index in [9.17, 15) is 14.4 Å². The molecule has 134 valence electrons. The minimum Gasteiger partial charge on any atom is -0.496 e. The van der Waals surface area contributed by atoms with Crippen LogP contribution in [-0.4, -0.2) is 57.0 Å². The molecule has 1 saturated heterocycles. The topological polar surface area (TPSA) is 91.4 Å². The van der Waals surface area contributed by atoms with E-state index in [-0.39, 0.29) is 4.91 Å². The van der Waals surface area contributed by atoms with Crippen molar-refractivity contribution in [3.05, 3.63) is 22.6 Å². The number of imide groups is 1. The SMILES string of the molecule is COC(=O)CN1C(=O)S/C(=C/c2cc(OC)c(OC)cc2OC)C1=O. The second-order valence-corrected chi connectivity index (χ2v) is 5.79. The highest BCUT2D eigenvalue weighted by molar-refractivity contribution is 8.18. The summed E-state index contributed by atoms with van der Waals surface area (Å²) in [6.45, 7) is -0.429. The van der Waals surface area contributed by atoms with Gasteiger partial charge in [-0.05, 0) is 23.9 Å². The molecule has 2 rings (SSSR count). The second-order valence-electron chi connectivity index (χ2n) is 4.79. The molecule has 1 aliphatic rings. The molecule has 0 radical (unpaired) electrons. The average molecular weight is 367 g/mol. The van der Waals surface area contributed by atoms with E-state index in [1.165, 1.54) is 34.5 Å². The van der Waals surface area contributed by atoms with Crippen molar-refractivity contribution in [2.75, 3.05) is 35.0 Å². The number of methoxy groups -OCH3 is 4. The van der Waals surface area contributed by atoms with Crippen LogP contribution in [0.3, 0.4) is 0 Å². The van der Waals surface area contributed by atoms with Gasteiger partial charge >= 0.3 is 5.97 Å². The first-order chi connectivity index (χ1) is 11.9. The Bertz CT molecular complexity index is 744. The zero-order chi connectivity index (χ0) is 18.6. The summed E-state index contributed by atoms with van der Waals surface area (Å²) >= 11 is 0.735. The molecule has 8 nitrogen and oxygen atoms in total. The van der Waals surface area contributed by atoms with E-state index < -0.39 is 23.7 Å². The van der Waals surface area contributed by atoms with Gasteiger partial charge in [-0.2, -0.15) is 0 Å². The summed E-state index contributed by atoms with van der Waals surface area (Å²) in [5.74, 6) is 0.112. The Morgan fingerprint density at radius 1 is 1.04 bits per heavy atom. The lowest BCUT2D eigenvalue weighted by Gasteiger charge is -2.12. The number of nitrogens with zero attached hydrogens (tertiary/aromatic N) is 1. The number of amides is 2. The number of esters is 1. The molecule has 0 aliphatic carbocycles. The maximum Gasteiger partial charge on any atom is 0.325 e. The lowest BCUT2D eigenvalue weighted by molar-refractivity contribution is -0.143. The fraction of sp³-hybridized carbons (Fsp3) is 0.312. The number of thioether (sulfide) groups is 1. The number of hydrogen-bond acceptors (Lipinski definition) is 8. The summed E-state index contributed by atoms with van der Waals surface area (Å²) in [6.07, 6.45) is 1.50.